The number of hydrogen-bond donors (Lipinski definition) is 0. The molecule has 22 heavy (non-hydrogen) atoms. The average Bonchev–Trinajstić information content (AvgIpc) is 2.89. The van der Waals surface area contributed by atoms with Crippen molar-refractivity contribution in [2.45, 2.75) is 24.1 Å². The quantitative estimate of drug-likeness (QED) is 0.322. The van der Waals surface area contributed by atoms with Gasteiger partial charge in [0.1, 0.15) is 6.61 Å². The summed E-state index contributed by atoms with van der Waals surface area (Å²) in [7, 11) is 1.61. The Hall–Kier alpha value is -2.19. The molecule has 0 spiro atoms. The summed E-state index contributed by atoms with van der Waals surface area (Å²) in [5.74, 6) is 1.40. The van der Waals surface area contributed by atoms with Crippen LogP contribution in [0.25, 0.3) is 0 Å². The number of hydrogen-bond acceptors (Lipinski definition) is 6. The van der Waals surface area contributed by atoms with E-state index in [4.69, 9.17) is 4.74 Å². The molecule has 1 aromatic carbocycles. The van der Waals surface area contributed by atoms with Crippen LogP contribution in [0.15, 0.2) is 42.1 Å². The SMILES string of the molecule is C=CCn1c(COC)nnc1SCc1ccc([N+](=O)[O-])cc1. The number of non-ortho nitro benzene ring substituents is 1. The highest BCUT2D eigenvalue weighted by Crippen LogP contribution is 2.23. The zero-order chi connectivity index (χ0) is 15.9. The van der Waals surface area contributed by atoms with E-state index in [0.717, 1.165) is 16.5 Å². The van der Waals surface area contributed by atoms with E-state index in [1.54, 1.807) is 25.3 Å². The third-order valence-electron chi connectivity index (χ3n) is 2.89. The molecule has 2 aromatic rings. The first-order valence-electron chi connectivity index (χ1n) is 6.53. The van der Waals surface area contributed by atoms with Crippen LogP contribution in [0.2, 0.25) is 0 Å². The lowest BCUT2D eigenvalue weighted by atomic mass is 10.2. The lowest BCUT2D eigenvalue weighted by Gasteiger charge is -2.07. The monoisotopic (exact) mass is 320 g/mol. The molecule has 1 aromatic heterocycles. The molecule has 1 heterocycles. The molecule has 0 amide bonds. The van der Waals surface area contributed by atoms with E-state index < -0.39 is 4.92 Å². The summed E-state index contributed by atoms with van der Waals surface area (Å²) in [6, 6.07) is 6.49. The topological polar surface area (TPSA) is 83.1 Å². The van der Waals surface area contributed by atoms with Crippen molar-refractivity contribution in [3.63, 3.8) is 0 Å². The van der Waals surface area contributed by atoms with Crippen LogP contribution in [0.4, 0.5) is 5.69 Å². The van der Waals surface area contributed by atoms with Crippen LogP contribution >= 0.6 is 11.8 Å². The summed E-state index contributed by atoms with van der Waals surface area (Å²) in [6.45, 7) is 4.73. The van der Waals surface area contributed by atoms with E-state index >= 15 is 0 Å². The number of thioether (sulfide) groups is 1. The molecular formula is C14H16N4O3S. The van der Waals surface area contributed by atoms with E-state index in [1.807, 2.05) is 4.57 Å². The number of allylic oxidation sites excluding steroid dienone is 1. The van der Waals surface area contributed by atoms with Crippen molar-refractivity contribution >= 4 is 17.4 Å². The largest absolute Gasteiger partial charge is 0.377 e. The minimum atomic E-state index is -0.408. The Labute approximate surface area is 132 Å². The highest BCUT2D eigenvalue weighted by Gasteiger charge is 2.12. The Morgan fingerprint density at radius 2 is 2.14 bits per heavy atom. The van der Waals surface area contributed by atoms with Crippen LogP contribution in [0, 0.1) is 10.1 Å². The van der Waals surface area contributed by atoms with Gasteiger partial charge in [0, 0.05) is 31.5 Å². The van der Waals surface area contributed by atoms with Crippen molar-refractivity contribution in [1.29, 1.82) is 0 Å². The number of rotatable bonds is 8. The minimum absolute atomic E-state index is 0.0888. The molecular weight excluding hydrogens is 304 g/mol. The second kappa shape index (κ2) is 7.71. The van der Waals surface area contributed by atoms with Gasteiger partial charge in [0.25, 0.3) is 5.69 Å². The molecule has 0 atom stereocenters. The van der Waals surface area contributed by atoms with E-state index in [0.29, 0.717) is 18.9 Å². The molecule has 7 nitrogen and oxygen atoms in total. The summed E-state index contributed by atoms with van der Waals surface area (Å²) in [6.07, 6.45) is 1.78. The maximum atomic E-state index is 10.6. The second-order valence-corrected chi connectivity index (χ2v) is 5.39. The minimum Gasteiger partial charge on any atom is -0.377 e. The third kappa shape index (κ3) is 3.92. The Kier molecular flexibility index (Phi) is 5.68. The van der Waals surface area contributed by atoms with Crippen molar-refractivity contribution in [1.82, 2.24) is 14.8 Å². The molecule has 0 bridgehead atoms. The molecule has 0 radical (unpaired) electrons. The number of ether oxygens (including phenoxy) is 1. The van der Waals surface area contributed by atoms with Crippen LogP contribution in [0.3, 0.4) is 0 Å². The first kappa shape index (κ1) is 16.2. The van der Waals surface area contributed by atoms with Crippen molar-refractivity contribution in [3.8, 4) is 0 Å². The molecule has 0 fully saturated rings. The number of aromatic nitrogens is 3. The van der Waals surface area contributed by atoms with Gasteiger partial charge in [0.2, 0.25) is 0 Å². The fourth-order valence-corrected chi connectivity index (χ4v) is 2.76. The summed E-state index contributed by atoms with van der Waals surface area (Å²) in [5, 5.41) is 19.7. The lowest BCUT2D eigenvalue weighted by Crippen LogP contribution is -2.04. The molecule has 0 aliphatic rings. The maximum absolute atomic E-state index is 10.6. The standard InChI is InChI=1S/C14H16N4O3S/c1-3-8-17-13(9-21-2)15-16-14(17)22-10-11-4-6-12(7-5-11)18(19)20/h3-7H,1,8-10H2,2H3. The molecule has 116 valence electrons. The normalized spacial score (nSPS) is 10.6. The summed E-state index contributed by atoms with van der Waals surface area (Å²) >= 11 is 1.52. The lowest BCUT2D eigenvalue weighted by molar-refractivity contribution is -0.384. The van der Waals surface area contributed by atoms with Gasteiger partial charge in [0.05, 0.1) is 4.92 Å². The van der Waals surface area contributed by atoms with E-state index in [-0.39, 0.29) is 5.69 Å². The van der Waals surface area contributed by atoms with Gasteiger partial charge in [-0.3, -0.25) is 10.1 Å². The number of benzene rings is 1. The average molecular weight is 320 g/mol. The van der Waals surface area contributed by atoms with Crippen LogP contribution in [-0.4, -0.2) is 26.8 Å². The maximum Gasteiger partial charge on any atom is 0.269 e. The molecule has 0 N–H and O–H groups in total. The number of nitro benzene ring substituents is 1. The molecule has 0 unspecified atom stereocenters. The zero-order valence-corrected chi connectivity index (χ0v) is 13.0. The first-order chi connectivity index (χ1) is 10.7. The van der Waals surface area contributed by atoms with Gasteiger partial charge in [-0.1, -0.05) is 30.0 Å². The number of nitro groups is 1. The zero-order valence-electron chi connectivity index (χ0n) is 12.1. The van der Waals surface area contributed by atoms with Gasteiger partial charge in [-0.25, -0.2) is 0 Å². The van der Waals surface area contributed by atoms with Crippen molar-refractivity contribution < 1.29 is 9.66 Å². The van der Waals surface area contributed by atoms with Gasteiger partial charge in [-0.15, -0.1) is 16.8 Å². The van der Waals surface area contributed by atoms with Gasteiger partial charge in [-0.2, -0.15) is 0 Å². The van der Waals surface area contributed by atoms with Crippen LogP contribution in [0.1, 0.15) is 11.4 Å². The molecule has 0 saturated heterocycles. The van der Waals surface area contributed by atoms with Crippen molar-refractivity contribution in [2.75, 3.05) is 7.11 Å². The van der Waals surface area contributed by atoms with E-state index in [2.05, 4.69) is 16.8 Å². The Morgan fingerprint density at radius 3 is 2.73 bits per heavy atom. The highest BCUT2D eigenvalue weighted by atomic mass is 32.2. The highest BCUT2D eigenvalue weighted by molar-refractivity contribution is 7.98. The smallest absolute Gasteiger partial charge is 0.269 e. The summed E-state index contributed by atoms with van der Waals surface area (Å²) in [5.41, 5.74) is 1.07. The molecule has 8 heteroatoms. The Morgan fingerprint density at radius 1 is 1.41 bits per heavy atom. The Bertz CT molecular complexity index is 655. The predicted molar refractivity (Wildman–Crippen MR) is 83.6 cm³/mol. The number of nitrogens with zero attached hydrogens (tertiary/aromatic N) is 4. The van der Waals surface area contributed by atoms with Crippen LogP contribution < -0.4 is 0 Å². The predicted octanol–water partition coefficient (Wildman–Crippen LogP) is 2.81. The van der Waals surface area contributed by atoms with Gasteiger partial charge in [-0.05, 0) is 5.56 Å². The summed E-state index contributed by atoms with van der Waals surface area (Å²) in [4.78, 5) is 10.2. The van der Waals surface area contributed by atoms with Crippen LogP contribution in [-0.2, 0) is 23.6 Å². The molecule has 0 saturated carbocycles. The fraction of sp³-hybridized carbons (Fsp3) is 0.286. The molecule has 0 aliphatic heterocycles. The summed E-state index contributed by atoms with van der Waals surface area (Å²) < 4.78 is 7.03. The second-order valence-electron chi connectivity index (χ2n) is 4.44. The van der Waals surface area contributed by atoms with Crippen molar-refractivity contribution in [2.24, 2.45) is 0 Å². The van der Waals surface area contributed by atoms with E-state index in [9.17, 15) is 10.1 Å². The van der Waals surface area contributed by atoms with E-state index in [1.165, 1.54) is 23.9 Å². The van der Waals surface area contributed by atoms with Gasteiger partial charge >= 0.3 is 0 Å². The van der Waals surface area contributed by atoms with Crippen LogP contribution in [0.5, 0.6) is 0 Å². The van der Waals surface area contributed by atoms with Gasteiger partial charge in [0.15, 0.2) is 11.0 Å². The van der Waals surface area contributed by atoms with Crippen molar-refractivity contribution in [3.05, 3.63) is 58.4 Å². The van der Waals surface area contributed by atoms with Gasteiger partial charge < -0.3 is 9.30 Å². The number of methoxy groups -OCH3 is 1. The molecule has 0 aliphatic carbocycles. The molecule has 2 rings (SSSR count). The first-order valence-corrected chi connectivity index (χ1v) is 7.52. The third-order valence-corrected chi connectivity index (χ3v) is 3.93. The Balaban J connectivity index is 2.07. The fourth-order valence-electron chi connectivity index (χ4n) is 1.84.